The van der Waals surface area contributed by atoms with Crippen molar-refractivity contribution in [3.8, 4) is 11.1 Å². The smallest absolute Gasteiger partial charge is 0.407 e. The quantitative estimate of drug-likeness (QED) is 0.373. The first-order valence-electron chi connectivity index (χ1n) is 10.4. The molecule has 0 radical (unpaired) electrons. The van der Waals surface area contributed by atoms with E-state index in [9.17, 15) is 15.0 Å². The first-order valence-corrected chi connectivity index (χ1v) is 10.4. The molecule has 4 aromatic rings. The molecule has 0 spiro atoms. The number of nitrogens with zero attached hydrogens (tertiary/aromatic N) is 2. The molecule has 1 aliphatic rings. The number of ether oxygens (including phenoxy) is 1. The van der Waals surface area contributed by atoms with Crippen LogP contribution in [0.5, 0.6) is 0 Å². The zero-order valence-electron chi connectivity index (χ0n) is 17.1. The molecule has 0 saturated heterocycles. The van der Waals surface area contributed by atoms with Crippen LogP contribution < -0.4 is 5.32 Å². The minimum absolute atomic E-state index is 0.0455. The summed E-state index contributed by atoms with van der Waals surface area (Å²) in [5, 5.41) is 23.2. The summed E-state index contributed by atoms with van der Waals surface area (Å²) in [5.41, 5.74) is 6.14. The number of H-pyrrole nitrogens is 1. The average molecular weight is 430 g/mol. The van der Waals surface area contributed by atoms with Crippen molar-refractivity contribution in [2.24, 2.45) is 0 Å². The number of carbonyl (C=O) groups excluding carboxylic acids is 1. The lowest BCUT2D eigenvalue weighted by Crippen LogP contribution is -2.36. The first kappa shape index (κ1) is 20.2. The number of hydrogen-bond acceptors (Lipinski definition) is 6. The fourth-order valence-corrected chi connectivity index (χ4v) is 4.18. The molecule has 0 bridgehead atoms. The normalized spacial score (nSPS) is 14.6. The molecule has 5 rings (SSSR count). The maximum absolute atomic E-state index is 12.3. The third-order valence-corrected chi connectivity index (χ3v) is 5.80. The predicted molar refractivity (Wildman–Crippen MR) is 118 cm³/mol. The van der Waals surface area contributed by atoms with E-state index in [0.717, 1.165) is 22.3 Å². The Morgan fingerprint density at radius 1 is 1.06 bits per heavy atom. The predicted octanol–water partition coefficient (Wildman–Crippen LogP) is 2.89. The highest BCUT2D eigenvalue weighted by Gasteiger charge is 2.29. The van der Waals surface area contributed by atoms with Gasteiger partial charge in [0.1, 0.15) is 18.8 Å². The van der Waals surface area contributed by atoms with E-state index in [1.54, 1.807) is 6.07 Å². The molecule has 2 aromatic heterocycles. The minimum atomic E-state index is -1.22. The van der Waals surface area contributed by atoms with E-state index in [1.807, 2.05) is 36.4 Å². The Morgan fingerprint density at radius 2 is 1.75 bits per heavy atom. The van der Waals surface area contributed by atoms with Crippen molar-refractivity contribution in [3.05, 3.63) is 83.8 Å². The summed E-state index contributed by atoms with van der Waals surface area (Å²) < 4.78 is 5.45. The minimum Gasteiger partial charge on any atom is -0.449 e. The van der Waals surface area contributed by atoms with Crippen molar-refractivity contribution in [1.29, 1.82) is 0 Å². The molecule has 2 aromatic carbocycles. The number of aromatic amines is 1. The van der Waals surface area contributed by atoms with Crippen molar-refractivity contribution in [3.63, 3.8) is 0 Å². The molecule has 0 saturated carbocycles. The van der Waals surface area contributed by atoms with Gasteiger partial charge in [-0.05, 0) is 28.3 Å². The van der Waals surface area contributed by atoms with Crippen molar-refractivity contribution in [2.45, 2.75) is 18.1 Å². The number of benzene rings is 2. The van der Waals surface area contributed by atoms with Crippen molar-refractivity contribution in [2.75, 3.05) is 13.2 Å². The molecule has 8 nitrogen and oxygen atoms in total. The molecule has 8 heteroatoms. The lowest BCUT2D eigenvalue weighted by Gasteiger charge is -2.19. The largest absolute Gasteiger partial charge is 0.449 e. The van der Waals surface area contributed by atoms with Crippen LogP contribution in [0, 0.1) is 0 Å². The molecule has 2 heterocycles. The van der Waals surface area contributed by atoms with Gasteiger partial charge in [-0.25, -0.2) is 14.8 Å². The summed E-state index contributed by atoms with van der Waals surface area (Å²) in [6, 6.07) is 17.9. The number of nitrogens with one attached hydrogen (secondary N) is 2. The molecule has 32 heavy (non-hydrogen) atoms. The summed E-state index contributed by atoms with van der Waals surface area (Å²) in [6.45, 7) is 0.0117. The standard InChI is InChI=1S/C24H22N4O4/c29-21(22(30)14-9-20-23(25-10-14)28-13-27-20)11-26-24(31)32-12-19-17-7-3-1-5-15(17)16-6-2-4-8-18(16)19/h1-10,13,19,21-22,29-30H,11-12H2,(H,26,31)(H,25,27,28). The molecular weight excluding hydrogens is 408 g/mol. The molecule has 1 aliphatic carbocycles. The van der Waals surface area contributed by atoms with Crippen LogP contribution in [0.3, 0.4) is 0 Å². The van der Waals surface area contributed by atoms with Crippen molar-refractivity contribution < 1.29 is 19.7 Å². The van der Waals surface area contributed by atoms with Gasteiger partial charge in [-0.3, -0.25) is 0 Å². The third kappa shape index (κ3) is 3.70. The Hall–Kier alpha value is -3.75. The van der Waals surface area contributed by atoms with Gasteiger partial charge in [0.25, 0.3) is 0 Å². The molecule has 0 fully saturated rings. The van der Waals surface area contributed by atoms with E-state index in [1.165, 1.54) is 12.5 Å². The number of aliphatic hydroxyl groups excluding tert-OH is 2. The summed E-state index contributed by atoms with van der Waals surface area (Å²) >= 11 is 0. The molecule has 2 unspecified atom stereocenters. The number of alkyl carbamates (subject to hydrolysis) is 1. The van der Waals surface area contributed by atoms with E-state index in [2.05, 4.69) is 32.4 Å². The summed E-state index contributed by atoms with van der Waals surface area (Å²) in [6.07, 6.45) is -0.144. The third-order valence-electron chi connectivity index (χ3n) is 5.80. The topological polar surface area (TPSA) is 120 Å². The number of aromatic nitrogens is 3. The maximum atomic E-state index is 12.3. The molecular formula is C24H22N4O4. The molecule has 4 N–H and O–H groups in total. The lowest BCUT2D eigenvalue weighted by molar-refractivity contribution is 0.0184. The van der Waals surface area contributed by atoms with Crippen LogP contribution >= 0.6 is 0 Å². The van der Waals surface area contributed by atoms with E-state index < -0.39 is 18.3 Å². The SMILES string of the molecule is O=C(NCC(O)C(O)c1cnc2nc[nH]c2c1)OCC1c2ccccc2-c2ccccc21. The Morgan fingerprint density at radius 3 is 2.47 bits per heavy atom. The number of amides is 1. The fourth-order valence-electron chi connectivity index (χ4n) is 4.18. The summed E-state index contributed by atoms with van der Waals surface area (Å²) in [4.78, 5) is 23.3. The second-order valence-electron chi connectivity index (χ2n) is 7.76. The van der Waals surface area contributed by atoms with Gasteiger partial charge in [0.2, 0.25) is 0 Å². The number of aliphatic hydroxyl groups is 2. The van der Waals surface area contributed by atoms with Gasteiger partial charge in [-0.2, -0.15) is 0 Å². The highest BCUT2D eigenvalue weighted by Crippen LogP contribution is 2.44. The van der Waals surface area contributed by atoms with Gasteiger partial charge in [0.05, 0.1) is 11.8 Å². The van der Waals surface area contributed by atoms with Gasteiger partial charge >= 0.3 is 6.09 Å². The molecule has 0 aliphatic heterocycles. The number of hydrogen-bond donors (Lipinski definition) is 4. The zero-order chi connectivity index (χ0) is 22.1. The van der Waals surface area contributed by atoms with Gasteiger partial charge in [-0.1, -0.05) is 48.5 Å². The number of rotatable bonds is 6. The first-order chi connectivity index (χ1) is 15.6. The van der Waals surface area contributed by atoms with Crippen LogP contribution in [-0.2, 0) is 4.74 Å². The van der Waals surface area contributed by atoms with Crippen molar-refractivity contribution in [1.82, 2.24) is 20.3 Å². The van der Waals surface area contributed by atoms with Crippen LogP contribution in [0.1, 0.15) is 28.7 Å². The van der Waals surface area contributed by atoms with Gasteiger partial charge in [-0.15, -0.1) is 0 Å². The Balaban J connectivity index is 1.18. The van der Waals surface area contributed by atoms with E-state index in [4.69, 9.17) is 4.74 Å². The molecule has 1 amide bonds. The number of pyridine rings is 1. The Kier molecular flexibility index (Phi) is 5.30. The van der Waals surface area contributed by atoms with E-state index in [0.29, 0.717) is 16.7 Å². The molecule has 162 valence electrons. The monoisotopic (exact) mass is 430 g/mol. The number of carbonyl (C=O) groups is 1. The van der Waals surface area contributed by atoms with Crippen LogP contribution in [0.25, 0.3) is 22.3 Å². The van der Waals surface area contributed by atoms with Crippen LogP contribution in [0.4, 0.5) is 4.79 Å². The number of imidazole rings is 1. The number of fused-ring (bicyclic) bond motifs is 4. The van der Waals surface area contributed by atoms with Gasteiger partial charge in [0.15, 0.2) is 5.65 Å². The second kappa shape index (κ2) is 8.41. The van der Waals surface area contributed by atoms with Crippen LogP contribution in [0.15, 0.2) is 67.1 Å². The van der Waals surface area contributed by atoms with Gasteiger partial charge < -0.3 is 25.3 Å². The average Bonchev–Trinajstić information content (AvgIpc) is 3.42. The second-order valence-corrected chi connectivity index (χ2v) is 7.76. The fraction of sp³-hybridized carbons (Fsp3) is 0.208. The molecule has 2 atom stereocenters. The highest BCUT2D eigenvalue weighted by molar-refractivity contribution is 5.79. The Labute approximate surface area is 183 Å². The van der Waals surface area contributed by atoms with Crippen LogP contribution in [0.2, 0.25) is 0 Å². The van der Waals surface area contributed by atoms with Crippen molar-refractivity contribution >= 4 is 17.3 Å². The van der Waals surface area contributed by atoms with E-state index in [-0.39, 0.29) is 19.1 Å². The van der Waals surface area contributed by atoms with Crippen LogP contribution in [-0.4, -0.2) is 50.5 Å². The van der Waals surface area contributed by atoms with Gasteiger partial charge in [0, 0.05) is 24.2 Å². The highest BCUT2D eigenvalue weighted by atomic mass is 16.5. The lowest BCUT2D eigenvalue weighted by atomic mass is 9.98. The van der Waals surface area contributed by atoms with E-state index >= 15 is 0 Å². The maximum Gasteiger partial charge on any atom is 0.407 e. The summed E-state index contributed by atoms with van der Waals surface area (Å²) in [5.74, 6) is -0.0455. The Bertz CT molecular complexity index is 1230. The zero-order valence-corrected chi connectivity index (χ0v) is 17.1. The summed E-state index contributed by atoms with van der Waals surface area (Å²) in [7, 11) is 0.